The summed E-state index contributed by atoms with van der Waals surface area (Å²) in [5.74, 6) is -0.366. The van der Waals surface area contributed by atoms with Crippen molar-refractivity contribution in [3.63, 3.8) is 0 Å². The van der Waals surface area contributed by atoms with Crippen LogP contribution in [-0.4, -0.2) is 49.1 Å². The largest absolute Gasteiger partial charge is 0.464 e. The molecule has 0 unspecified atom stereocenters. The van der Waals surface area contributed by atoms with Crippen molar-refractivity contribution in [2.45, 2.75) is 38.1 Å². The summed E-state index contributed by atoms with van der Waals surface area (Å²) in [4.78, 5) is 19.1. The predicted octanol–water partition coefficient (Wildman–Crippen LogP) is 2.52. The molecule has 0 bridgehead atoms. The van der Waals surface area contributed by atoms with Crippen molar-refractivity contribution in [3.05, 3.63) is 10.6 Å². The van der Waals surface area contributed by atoms with Crippen LogP contribution in [0.2, 0.25) is 0 Å². The number of anilines is 1. The van der Waals surface area contributed by atoms with Crippen LogP contribution in [0.5, 0.6) is 0 Å². The molecule has 112 valence electrons. The molecule has 1 N–H and O–H groups in total. The number of nitrogens with zero attached hydrogens (tertiary/aromatic N) is 2. The Morgan fingerprint density at radius 3 is 2.65 bits per heavy atom. The Hall–Kier alpha value is -1.14. The van der Waals surface area contributed by atoms with Gasteiger partial charge in [-0.05, 0) is 33.9 Å². The van der Waals surface area contributed by atoms with Crippen molar-refractivity contribution in [2.75, 3.05) is 33.1 Å². The van der Waals surface area contributed by atoms with E-state index in [0.717, 1.165) is 16.6 Å². The monoisotopic (exact) mass is 297 g/mol. The molecule has 1 aromatic heterocycles. The van der Waals surface area contributed by atoms with E-state index in [1.54, 1.807) is 0 Å². The molecule has 0 aliphatic heterocycles. The molecule has 0 saturated heterocycles. The number of thiazole rings is 1. The lowest BCUT2D eigenvalue weighted by Crippen LogP contribution is -2.47. The molecule has 6 heteroatoms. The first-order valence-corrected chi connectivity index (χ1v) is 7.77. The van der Waals surface area contributed by atoms with Crippen molar-refractivity contribution < 1.29 is 9.53 Å². The van der Waals surface area contributed by atoms with Gasteiger partial charge in [0.1, 0.15) is 0 Å². The van der Waals surface area contributed by atoms with Gasteiger partial charge in [-0.1, -0.05) is 12.8 Å². The summed E-state index contributed by atoms with van der Waals surface area (Å²) < 4.78 is 4.74. The fourth-order valence-electron chi connectivity index (χ4n) is 2.81. The van der Waals surface area contributed by atoms with Crippen LogP contribution in [-0.2, 0) is 4.74 Å². The molecule has 1 fully saturated rings. The van der Waals surface area contributed by atoms with E-state index in [1.165, 1.54) is 44.1 Å². The van der Waals surface area contributed by atoms with Gasteiger partial charge >= 0.3 is 5.97 Å². The van der Waals surface area contributed by atoms with E-state index >= 15 is 0 Å². The zero-order valence-corrected chi connectivity index (χ0v) is 13.5. The SMILES string of the molecule is COC(=O)c1nc(NCC2(N(C)C)CCCC2)sc1C. The van der Waals surface area contributed by atoms with Crippen LogP contribution < -0.4 is 5.32 Å². The second-order valence-electron chi connectivity index (χ2n) is 5.59. The van der Waals surface area contributed by atoms with Gasteiger partial charge in [0, 0.05) is 17.0 Å². The minimum atomic E-state index is -0.366. The third kappa shape index (κ3) is 2.96. The van der Waals surface area contributed by atoms with E-state index in [0.29, 0.717) is 5.69 Å². The Kier molecular flexibility index (Phi) is 4.65. The van der Waals surface area contributed by atoms with Crippen LogP contribution in [0, 0.1) is 6.92 Å². The number of carbonyl (C=O) groups excluding carboxylic acids is 1. The normalized spacial score (nSPS) is 17.4. The molecule has 2 rings (SSSR count). The molecule has 1 saturated carbocycles. The first kappa shape index (κ1) is 15.3. The van der Waals surface area contributed by atoms with Gasteiger partial charge in [0.2, 0.25) is 0 Å². The molecule has 0 aromatic carbocycles. The van der Waals surface area contributed by atoms with Crippen molar-refractivity contribution in [2.24, 2.45) is 0 Å². The number of likely N-dealkylation sites (N-methyl/N-ethyl adjacent to an activating group) is 1. The topological polar surface area (TPSA) is 54.5 Å². The predicted molar refractivity (Wildman–Crippen MR) is 81.6 cm³/mol. The number of hydrogen-bond donors (Lipinski definition) is 1. The third-order valence-electron chi connectivity index (χ3n) is 4.23. The highest BCUT2D eigenvalue weighted by Crippen LogP contribution is 2.34. The Bertz CT molecular complexity index is 479. The molecule has 5 nitrogen and oxygen atoms in total. The lowest BCUT2D eigenvalue weighted by Gasteiger charge is -2.36. The number of hydrogen-bond acceptors (Lipinski definition) is 6. The summed E-state index contributed by atoms with van der Waals surface area (Å²) in [6.45, 7) is 2.76. The number of methoxy groups -OCH3 is 1. The van der Waals surface area contributed by atoms with Crippen molar-refractivity contribution >= 4 is 22.4 Å². The van der Waals surface area contributed by atoms with E-state index in [1.807, 2.05) is 6.92 Å². The maximum absolute atomic E-state index is 11.6. The molecule has 1 aliphatic carbocycles. The number of rotatable bonds is 5. The number of ether oxygens (including phenoxy) is 1. The summed E-state index contributed by atoms with van der Waals surface area (Å²) in [6.07, 6.45) is 4.98. The van der Waals surface area contributed by atoms with Gasteiger partial charge in [0.25, 0.3) is 0 Å². The first-order chi connectivity index (χ1) is 9.48. The van der Waals surface area contributed by atoms with Crippen LogP contribution in [0.1, 0.15) is 41.0 Å². The number of carbonyl (C=O) groups is 1. The Labute approximate surface area is 124 Å². The number of nitrogens with one attached hydrogen (secondary N) is 1. The van der Waals surface area contributed by atoms with Crippen molar-refractivity contribution in [3.8, 4) is 0 Å². The second-order valence-corrected chi connectivity index (χ2v) is 6.80. The van der Waals surface area contributed by atoms with Gasteiger partial charge in [0.15, 0.2) is 10.8 Å². The van der Waals surface area contributed by atoms with Gasteiger partial charge in [-0.2, -0.15) is 0 Å². The Morgan fingerprint density at radius 2 is 2.10 bits per heavy atom. The molecule has 0 amide bonds. The highest BCUT2D eigenvalue weighted by Gasteiger charge is 2.35. The Morgan fingerprint density at radius 1 is 1.45 bits per heavy atom. The molecule has 1 aromatic rings. The van der Waals surface area contributed by atoms with E-state index in [-0.39, 0.29) is 11.5 Å². The van der Waals surface area contributed by atoms with E-state index in [2.05, 4.69) is 29.3 Å². The minimum absolute atomic E-state index is 0.213. The molecule has 0 spiro atoms. The summed E-state index contributed by atoms with van der Waals surface area (Å²) in [5.41, 5.74) is 0.635. The maximum atomic E-state index is 11.6. The fraction of sp³-hybridized carbons (Fsp3) is 0.714. The van der Waals surface area contributed by atoms with E-state index in [9.17, 15) is 4.79 Å². The van der Waals surface area contributed by atoms with Crippen LogP contribution in [0.4, 0.5) is 5.13 Å². The lowest BCUT2D eigenvalue weighted by molar-refractivity contribution is 0.0594. The lowest BCUT2D eigenvalue weighted by atomic mass is 9.96. The number of aryl methyl sites for hydroxylation is 1. The van der Waals surface area contributed by atoms with Crippen LogP contribution >= 0.6 is 11.3 Å². The summed E-state index contributed by atoms with van der Waals surface area (Å²) in [5, 5.41) is 4.21. The summed E-state index contributed by atoms with van der Waals surface area (Å²) in [7, 11) is 5.66. The minimum Gasteiger partial charge on any atom is -0.464 e. The zero-order chi connectivity index (χ0) is 14.8. The number of aromatic nitrogens is 1. The van der Waals surface area contributed by atoms with E-state index < -0.39 is 0 Å². The first-order valence-electron chi connectivity index (χ1n) is 6.95. The summed E-state index contributed by atoms with van der Waals surface area (Å²) in [6, 6.07) is 0. The standard InChI is InChI=1S/C14H23N3O2S/c1-10-11(12(18)19-4)16-13(20-10)15-9-14(17(2)3)7-5-6-8-14/h5-9H2,1-4H3,(H,15,16). The Balaban J connectivity index is 2.05. The fourth-order valence-corrected chi connectivity index (χ4v) is 3.61. The average molecular weight is 297 g/mol. The summed E-state index contributed by atoms with van der Waals surface area (Å²) >= 11 is 1.51. The highest BCUT2D eigenvalue weighted by molar-refractivity contribution is 7.15. The van der Waals surface area contributed by atoms with E-state index in [4.69, 9.17) is 4.74 Å². The molecule has 0 atom stereocenters. The third-order valence-corrected chi connectivity index (χ3v) is 5.16. The van der Waals surface area contributed by atoms with Crippen LogP contribution in [0.25, 0.3) is 0 Å². The smallest absolute Gasteiger partial charge is 0.357 e. The van der Waals surface area contributed by atoms with Gasteiger partial charge in [-0.3, -0.25) is 0 Å². The molecule has 0 radical (unpaired) electrons. The van der Waals surface area contributed by atoms with Gasteiger partial charge in [-0.25, -0.2) is 9.78 Å². The molecular weight excluding hydrogens is 274 g/mol. The molecule has 1 heterocycles. The average Bonchev–Trinajstić information content (AvgIpc) is 3.03. The van der Waals surface area contributed by atoms with Crippen molar-refractivity contribution in [1.82, 2.24) is 9.88 Å². The van der Waals surface area contributed by atoms with Crippen LogP contribution in [0.3, 0.4) is 0 Å². The van der Waals surface area contributed by atoms with Gasteiger partial charge in [-0.15, -0.1) is 11.3 Å². The zero-order valence-electron chi connectivity index (χ0n) is 12.7. The molecule has 1 aliphatic rings. The van der Waals surface area contributed by atoms with Crippen molar-refractivity contribution in [1.29, 1.82) is 0 Å². The molecule has 20 heavy (non-hydrogen) atoms. The highest BCUT2D eigenvalue weighted by atomic mass is 32.1. The number of esters is 1. The van der Waals surface area contributed by atoms with Crippen LogP contribution in [0.15, 0.2) is 0 Å². The maximum Gasteiger partial charge on any atom is 0.357 e. The molecular formula is C14H23N3O2S. The van der Waals surface area contributed by atoms with Gasteiger partial charge < -0.3 is 15.0 Å². The quantitative estimate of drug-likeness (QED) is 0.846. The second kappa shape index (κ2) is 6.10. The van der Waals surface area contributed by atoms with Gasteiger partial charge in [0.05, 0.1) is 7.11 Å².